The fraction of sp³-hybridized carbons (Fsp3) is 1.00. The highest BCUT2D eigenvalue weighted by molar-refractivity contribution is 8.26. The maximum atomic E-state index is 6.08. The fourth-order valence-corrected chi connectivity index (χ4v) is 7.77. The van der Waals surface area contributed by atoms with E-state index in [2.05, 4.69) is 39.0 Å². The lowest BCUT2D eigenvalue weighted by molar-refractivity contribution is 0.270. The van der Waals surface area contributed by atoms with Crippen molar-refractivity contribution < 1.29 is 16.7 Å². The molecule has 0 aliphatic heterocycles. The summed E-state index contributed by atoms with van der Waals surface area (Å²) < 4.78 is 23.9. The van der Waals surface area contributed by atoms with Gasteiger partial charge in [0.15, 0.2) is 0 Å². The van der Waals surface area contributed by atoms with Crippen LogP contribution in [0.3, 0.4) is 0 Å². The Hall–Kier alpha value is 0.500. The Labute approximate surface area is 166 Å². The molecular formula is C19H45NO4S2. The molecule has 0 bridgehead atoms. The third kappa shape index (κ3) is 11.4. The lowest BCUT2D eigenvalue weighted by Crippen LogP contribution is -2.25. The van der Waals surface area contributed by atoms with E-state index in [9.17, 15) is 0 Å². The van der Waals surface area contributed by atoms with Gasteiger partial charge in [0.25, 0.3) is 0 Å². The first-order chi connectivity index (χ1) is 12.4. The quantitative estimate of drug-likeness (QED) is 0.309. The minimum atomic E-state index is -1.36. The van der Waals surface area contributed by atoms with Gasteiger partial charge in [-0.1, -0.05) is 6.92 Å². The molecule has 0 aromatic carbocycles. The second-order valence-electron chi connectivity index (χ2n) is 6.42. The highest BCUT2D eigenvalue weighted by atomic mass is 32.3. The van der Waals surface area contributed by atoms with Crippen molar-refractivity contribution in [1.82, 2.24) is 4.90 Å². The molecule has 0 saturated heterocycles. The van der Waals surface area contributed by atoms with E-state index in [-0.39, 0.29) is 0 Å². The Balaban J connectivity index is 4.28. The number of nitrogens with zero attached hydrogens (tertiary/aromatic N) is 1. The van der Waals surface area contributed by atoms with Gasteiger partial charge in [0.1, 0.15) is 0 Å². The summed E-state index contributed by atoms with van der Waals surface area (Å²) in [5.74, 6) is 3.08. The van der Waals surface area contributed by atoms with Crippen LogP contribution in [0.15, 0.2) is 0 Å². The molecular weight excluding hydrogens is 370 g/mol. The standard InChI is InChI=1S/C19H45NO4S2/c1-8-17-26(23-11-4,24-12-5)19-14-16-20(6)15-13-18-25(7,21-9-2)22-10-3/h8-19H2,1-7H3. The molecule has 0 aromatic rings. The average Bonchev–Trinajstić information content (AvgIpc) is 2.56. The summed E-state index contributed by atoms with van der Waals surface area (Å²) in [5, 5.41) is 0. The molecule has 0 heterocycles. The second kappa shape index (κ2) is 15.4. The van der Waals surface area contributed by atoms with Crippen LogP contribution in [0.2, 0.25) is 0 Å². The molecule has 0 radical (unpaired) electrons. The Kier molecular flexibility index (Phi) is 15.7. The first kappa shape index (κ1) is 26.5. The fourth-order valence-electron chi connectivity index (χ4n) is 3.03. The molecule has 0 unspecified atom stereocenters. The van der Waals surface area contributed by atoms with E-state index in [4.69, 9.17) is 16.7 Å². The maximum Gasteiger partial charge on any atom is 0.0685 e. The van der Waals surface area contributed by atoms with Crippen LogP contribution in [0.5, 0.6) is 0 Å². The van der Waals surface area contributed by atoms with Gasteiger partial charge in [0.2, 0.25) is 0 Å². The van der Waals surface area contributed by atoms with Crippen molar-refractivity contribution in [3.8, 4) is 0 Å². The van der Waals surface area contributed by atoms with Gasteiger partial charge < -0.3 is 4.90 Å². The predicted octanol–water partition coefficient (Wildman–Crippen LogP) is 5.15. The van der Waals surface area contributed by atoms with Crippen molar-refractivity contribution in [3.05, 3.63) is 0 Å². The first-order valence-corrected chi connectivity index (χ1v) is 14.1. The molecule has 0 spiro atoms. The summed E-state index contributed by atoms with van der Waals surface area (Å²) in [6, 6.07) is 0. The van der Waals surface area contributed by atoms with Gasteiger partial charge in [0, 0.05) is 23.5 Å². The highest BCUT2D eigenvalue weighted by Gasteiger charge is 2.20. The summed E-state index contributed by atoms with van der Waals surface area (Å²) in [4.78, 5) is 2.41. The van der Waals surface area contributed by atoms with Gasteiger partial charge in [0.05, 0.1) is 26.4 Å². The normalized spacial score (nSPS) is 14.2. The molecule has 7 heteroatoms. The Morgan fingerprint density at radius 2 is 1.12 bits per heavy atom. The van der Waals surface area contributed by atoms with Crippen molar-refractivity contribution in [1.29, 1.82) is 0 Å². The van der Waals surface area contributed by atoms with Crippen LogP contribution >= 0.6 is 21.2 Å². The van der Waals surface area contributed by atoms with E-state index < -0.39 is 21.2 Å². The predicted molar refractivity (Wildman–Crippen MR) is 119 cm³/mol. The van der Waals surface area contributed by atoms with Crippen LogP contribution in [0, 0.1) is 0 Å². The van der Waals surface area contributed by atoms with E-state index in [1.807, 2.05) is 13.8 Å². The molecule has 0 atom stereocenters. The Bertz CT molecular complexity index is 312. The van der Waals surface area contributed by atoms with Crippen molar-refractivity contribution in [2.24, 2.45) is 0 Å². The number of hydrogen-bond donors (Lipinski definition) is 0. The SMILES string of the molecule is CCCS(CCCN(C)CCCS(C)(OCC)OCC)(OCC)OCC. The Morgan fingerprint density at radius 3 is 1.54 bits per heavy atom. The van der Waals surface area contributed by atoms with Crippen molar-refractivity contribution in [2.75, 3.05) is 70.1 Å². The summed E-state index contributed by atoms with van der Waals surface area (Å²) in [6.07, 6.45) is 5.47. The lowest BCUT2D eigenvalue weighted by Gasteiger charge is -2.43. The van der Waals surface area contributed by atoms with Crippen molar-refractivity contribution in [2.45, 2.75) is 53.9 Å². The molecule has 26 heavy (non-hydrogen) atoms. The molecule has 5 nitrogen and oxygen atoms in total. The van der Waals surface area contributed by atoms with E-state index in [0.29, 0.717) is 0 Å². The van der Waals surface area contributed by atoms with Crippen LogP contribution < -0.4 is 0 Å². The van der Waals surface area contributed by atoms with Crippen LogP contribution in [0.1, 0.15) is 53.9 Å². The summed E-state index contributed by atoms with van der Waals surface area (Å²) in [5.41, 5.74) is 0. The van der Waals surface area contributed by atoms with Gasteiger partial charge >= 0.3 is 0 Å². The van der Waals surface area contributed by atoms with Crippen molar-refractivity contribution >= 4 is 21.2 Å². The van der Waals surface area contributed by atoms with Crippen LogP contribution in [-0.4, -0.2) is 75.0 Å². The molecule has 0 fully saturated rings. The highest BCUT2D eigenvalue weighted by Crippen LogP contribution is 2.51. The van der Waals surface area contributed by atoms with E-state index in [0.717, 1.165) is 76.0 Å². The molecule has 0 aliphatic rings. The minimum Gasteiger partial charge on any atom is -0.306 e. The molecule has 0 amide bonds. The monoisotopic (exact) mass is 415 g/mol. The summed E-state index contributed by atoms with van der Waals surface area (Å²) >= 11 is 0. The topological polar surface area (TPSA) is 40.2 Å². The zero-order valence-electron chi connectivity index (χ0n) is 18.4. The Morgan fingerprint density at radius 1 is 0.654 bits per heavy atom. The third-order valence-corrected chi connectivity index (χ3v) is 9.74. The molecule has 0 aliphatic carbocycles. The van der Waals surface area contributed by atoms with E-state index in [1.165, 1.54) is 0 Å². The average molecular weight is 416 g/mol. The summed E-state index contributed by atoms with van der Waals surface area (Å²) in [6.45, 7) is 15.5. The van der Waals surface area contributed by atoms with E-state index in [1.54, 1.807) is 0 Å². The third-order valence-electron chi connectivity index (χ3n) is 3.96. The maximum absolute atomic E-state index is 6.08. The van der Waals surface area contributed by atoms with Gasteiger partial charge in [-0.3, -0.25) is 16.7 Å². The zero-order chi connectivity index (χ0) is 19.9. The molecule has 0 aromatic heterocycles. The number of hydrogen-bond acceptors (Lipinski definition) is 5. The van der Waals surface area contributed by atoms with Crippen LogP contribution in [0.4, 0.5) is 0 Å². The number of rotatable bonds is 18. The largest absolute Gasteiger partial charge is 0.306 e. The smallest absolute Gasteiger partial charge is 0.0685 e. The molecule has 0 saturated carbocycles. The summed E-state index contributed by atoms with van der Waals surface area (Å²) in [7, 11) is -0.526. The second-order valence-corrected chi connectivity index (χ2v) is 11.9. The molecule has 0 rings (SSSR count). The van der Waals surface area contributed by atoms with Crippen LogP contribution in [-0.2, 0) is 16.7 Å². The van der Waals surface area contributed by atoms with E-state index >= 15 is 0 Å². The van der Waals surface area contributed by atoms with Gasteiger partial charge in [-0.15, -0.1) is 0 Å². The lowest BCUT2D eigenvalue weighted by atomic mass is 10.4. The van der Waals surface area contributed by atoms with Gasteiger partial charge in [-0.2, -0.15) is 21.2 Å². The first-order valence-electron chi connectivity index (χ1n) is 10.2. The van der Waals surface area contributed by atoms with Crippen molar-refractivity contribution in [3.63, 3.8) is 0 Å². The minimum absolute atomic E-state index is 0.721. The van der Waals surface area contributed by atoms with Gasteiger partial charge in [-0.05, 0) is 67.1 Å². The van der Waals surface area contributed by atoms with Crippen LogP contribution in [0.25, 0.3) is 0 Å². The van der Waals surface area contributed by atoms with Gasteiger partial charge in [-0.25, -0.2) is 0 Å². The molecule has 162 valence electrons. The zero-order valence-corrected chi connectivity index (χ0v) is 20.0. The molecule has 0 N–H and O–H groups in total.